The van der Waals surface area contributed by atoms with Crippen LogP contribution in [0.3, 0.4) is 0 Å². The van der Waals surface area contributed by atoms with Gasteiger partial charge in [0.2, 0.25) is 5.91 Å². The number of hydrogen-bond donors (Lipinski definition) is 1. The number of halogens is 1. The lowest BCUT2D eigenvalue weighted by atomic mass is 10.2. The Hall–Kier alpha value is -1.90. The predicted octanol–water partition coefficient (Wildman–Crippen LogP) is 1.59. The van der Waals surface area contributed by atoms with Gasteiger partial charge < -0.3 is 15.2 Å². The number of carbonyl (C=O) groups excluding carboxylic acids is 1. The first-order valence-corrected chi connectivity index (χ1v) is 8.09. The average molecular weight is 356 g/mol. The molecule has 2 aliphatic rings. The topological polar surface area (TPSA) is 108 Å². The third-order valence-corrected chi connectivity index (χ3v) is 4.74. The van der Waals surface area contributed by atoms with Crippen LogP contribution in [-0.2, 0) is 4.74 Å². The zero-order valence-corrected chi connectivity index (χ0v) is 13.7. The van der Waals surface area contributed by atoms with Crippen LogP contribution in [0, 0.1) is 10.1 Å². The molecule has 2 aliphatic heterocycles. The Balaban J connectivity index is 1.59. The van der Waals surface area contributed by atoms with E-state index >= 15 is 0 Å². The first-order valence-electron chi connectivity index (χ1n) is 7.72. The molecule has 0 aliphatic carbocycles. The minimum absolute atomic E-state index is 0.00454. The Bertz CT molecular complexity index is 669. The summed E-state index contributed by atoms with van der Waals surface area (Å²) in [4.78, 5) is 24.0. The molecule has 0 saturated carbocycles. The number of carbonyl (C=O) groups is 1. The zero-order chi connectivity index (χ0) is 17.3. The Labute approximate surface area is 143 Å². The SMILES string of the molecule is NC(=O)c1cc(OCCCN2C[C@@H]3C[C@H]2CO3)c(Cl)c([N+](=O)[O-])c1. The summed E-state index contributed by atoms with van der Waals surface area (Å²) in [6.45, 7) is 2.92. The van der Waals surface area contributed by atoms with Gasteiger partial charge >= 0.3 is 0 Å². The van der Waals surface area contributed by atoms with Gasteiger partial charge in [-0.3, -0.25) is 19.8 Å². The van der Waals surface area contributed by atoms with E-state index in [1.807, 2.05) is 0 Å². The molecule has 24 heavy (non-hydrogen) atoms. The Morgan fingerprint density at radius 1 is 1.54 bits per heavy atom. The Morgan fingerprint density at radius 2 is 2.33 bits per heavy atom. The van der Waals surface area contributed by atoms with E-state index in [2.05, 4.69) is 4.90 Å². The van der Waals surface area contributed by atoms with Gasteiger partial charge in [-0.2, -0.15) is 0 Å². The fourth-order valence-electron chi connectivity index (χ4n) is 3.17. The molecular weight excluding hydrogens is 338 g/mol. The normalized spacial score (nSPS) is 22.7. The second kappa shape index (κ2) is 6.92. The molecule has 0 spiro atoms. The molecule has 3 rings (SSSR count). The molecule has 130 valence electrons. The van der Waals surface area contributed by atoms with Crippen LogP contribution in [0.4, 0.5) is 5.69 Å². The lowest BCUT2D eigenvalue weighted by Gasteiger charge is -2.26. The van der Waals surface area contributed by atoms with Crippen molar-refractivity contribution in [1.82, 2.24) is 4.90 Å². The number of nitrogens with two attached hydrogens (primary N) is 1. The van der Waals surface area contributed by atoms with Crippen molar-refractivity contribution in [3.63, 3.8) is 0 Å². The van der Waals surface area contributed by atoms with Crippen LogP contribution in [0.25, 0.3) is 0 Å². The zero-order valence-electron chi connectivity index (χ0n) is 12.9. The van der Waals surface area contributed by atoms with Crippen LogP contribution in [0.1, 0.15) is 23.2 Å². The highest BCUT2D eigenvalue weighted by Crippen LogP contribution is 2.35. The maximum Gasteiger partial charge on any atom is 0.292 e. The third kappa shape index (κ3) is 3.45. The van der Waals surface area contributed by atoms with E-state index in [-0.39, 0.29) is 16.3 Å². The van der Waals surface area contributed by atoms with Crippen molar-refractivity contribution in [2.75, 3.05) is 26.3 Å². The van der Waals surface area contributed by atoms with Gasteiger partial charge in [-0.05, 0) is 18.9 Å². The highest BCUT2D eigenvalue weighted by atomic mass is 35.5. The molecule has 2 heterocycles. The van der Waals surface area contributed by atoms with Crippen LogP contribution in [-0.4, -0.2) is 54.2 Å². The summed E-state index contributed by atoms with van der Waals surface area (Å²) in [7, 11) is 0. The largest absolute Gasteiger partial charge is 0.492 e. The van der Waals surface area contributed by atoms with Gasteiger partial charge in [-0.15, -0.1) is 0 Å². The number of likely N-dealkylation sites (tertiary alicyclic amines) is 1. The quantitative estimate of drug-likeness (QED) is 0.452. The van der Waals surface area contributed by atoms with Crippen LogP contribution in [0.15, 0.2) is 12.1 Å². The monoisotopic (exact) mass is 355 g/mol. The maximum absolute atomic E-state index is 11.3. The second-order valence-electron chi connectivity index (χ2n) is 5.97. The molecular formula is C15H18ClN3O5. The molecule has 0 unspecified atom stereocenters. The lowest BCUT2D eigenvalue weighted by molar-refractivity contribution is -0.384. The predicted molar refractivity (Wildman–Crippen MR) is 86.5 cm³/mol. The molecule has 2 bridgehead atoms. The third-order valence-electron chi connectivity index (χ3n) is 4.36. The van der Waals surface area contributed by atoms with Crippen LogP contribution >= 0.6 is 11.6 Å². The number of amides is 1. The average Bonchev–Trinajstić information content (AvgIpc) is 3.15. The van der Waals surface area contributed by atoms with Gasteiger partial charge in [0, 0.05) is 30.8 Å². The molecule has 9 heteroatoms. The standard InChI is InChI=1S/C15H18ClN3O5/c16-14-12(19(21)22)4-9(15(17)20)5-13(14)23-3-1-2-18-7-11-6-10(18)8-24-11/h4-5,10-11H,1-3,6-8H2,(H2,17,20)/t10-,11-/m0/s1. The molecule has 0 aromatic heterocycles. The molecule has 2 fully saturated rings. The van der Waals surface area contributed by atoms with Gasteiger partial charge in [-0.1, -0.05) is 11.6 Å². The first-order chi connectivity index (χ1) is 11.5. The smallest absolute Gasteiger partial charge is 0.292 e. The van der Waals surface area contributed by atoms with E-state index in [0.717, 1.165) is 38.6 Å². The first kappa shape index (κ1) is 16.9. The van der Waals surface area contributed by atoms with Crippen molar-refractivity contribution < 1.29 is 19.2 Å². The van der Waals surface area contributed by atoms with E-state index in [4.69, 9.17) is 26.8 Å². The highest BCUT2D eigenvalue weighted by Gasteiger charge is 2.38. The van der Waals surface area contributed by atoms with Gasteiger partial charge in [-0.25, -0.2) is 0 Å². The summed E-state index contributed by atoms with van der Waals surface area (Å²) in [5.74, 6) is -0.668. The number of nitro groups is 1. The van der Waals surface area contributed by atoms with Crippen molar-refractivity contribution in [1.29, 1.82) is 0 Å². The number of primary amides is 1. The molecule has 2 N–H and O–H groups in total. The number of morpholine rings is 1. The Kier molecular flexibility index (Phi) is 4.88. The molecule has 0 radical (unpaired) electrons. The number of rotatable bonds is 7. The summed E-state index contributed by atoms with van der Waals surface area (Å²) < 4.78 is 11.1. The van der Waals surface area contributed by atoms with Gasteiger partial charge in [0.05, 0.1) is 24.2 Å². The van der Waals surface area contributed by atoms with Gasteiger partial charge in [0.15, 0.2) is 5.02 Å². The minimum Gasteiger partial charge on any atom is -0.492 e. The van der Waals surface area contributed by atoms with Crippen molar-refractivity contribution in [2.45, 2.75) is 25.0 Å². The van der Waals surface area contributed by atoms with Crippen LogP contribution < -0.4 is 10.5 Å². The summed E-state index contributed by atoms with van der Waals surface area (Å²) in [6.07, 6.45) is 2.17. The fraction of sp³-hybridized carbons (Fsp3) is 0.533. The second-order valence-corrected chi connectivity index (χ2v) is 6.35. The van der Waals surface area contributed by atoms with Crippen molar-refractivity contribution in [3.05, 3.63) is 32.8 Å². The van der Waals surface area contributed by atoms with Crippen molar-refractivity contribution in [2.24, 2.45) is 5.73 Å². The Morgan fingerprint density at radius 3 is 2.92 bits per heavy atom. The number of ether oxygens (including phenoxy) is 2. The maximum atomic E-state index is 11.3. The molecule has 1 aromatic carbocycles. The van der Waals surface area contributed by atoms with Crippen molar-refractivity contribution in [3.8, 4) is 5.75 Å². The number of nitrogens with zero attached hydrogens (tertiary/aromatic N) is 2. The minimum atomic E-state index is -0.771. The summed E-state index contributed by atoms with van der Waals surface area (Å²) in [5.41, 5.74) is 4.80. The van der Waals surface area contributed by atoms with Crippen LogP contribution in [0.5, 0.6) is 5.75 Å². The van der Waals surface area contributed by atoms with E-state index in [1.54, 1.807) is 0 Å². The molecule has 1 amide bonds. The highest BCUT2D eigenvalue weighted by molar-refractivity contribution is 6.34. The summed E-state index contributed by atoms with van der Waals surface area (Å²) in [5, 5.41) is 10.9. The molecule has 2 atom stereocenters. The molecule has 2 saturated heterocycles. The lowest BCUT2D eigenvalue weighted by Crippen LogP contribution is -2.37. The van der Waals surface area contributed by atoms with E-state index in [0.29, 0.717) is 18.8 Å². The fourth-order valence-corrected chi connectivity index (χ4v) is 3.40. The molecule has 8 nitrogen and oxygen atoms in total. The van der Waals surface area contributed by atoms with E-state index < -0.39 is 16.5 Å². The summed E-state index contributed by atoms with van der Waals surface area (Å²) in [6, 6.07) is 2.87. The number of fused-ring (bicyclic) bond motifs is 2. The van der Waals surface area contributed by atoms with Gasteiger partial charge in [0.25, 0.3) is 5.69 Å². The number of hydrogen-bond acceptors (Lipinski definition) is 6. The van der Waals surface area contributed by atoms with E-state index in [1.165, 1.54) is 6.07 Å². The summed E-state index contributed by atoms with van der Waals surface area (Å²) >= 11 is 5.99. The number of benzene rings is 1. The van der Waals surface area contributed by atoms with Gasteiger partial charge in [0.1, 0.15) is 5.75 Å². The van der Waals surface area contributed by atoms with Crippen molar-refractivity contribution >= 4 is 23.2 Å². The van der Waals surface area contributed by atoms with Crippen LogP contribution in [0.2, 0.25) is 5.02 Å². The number of nitro benzene ring substituents is 1. The van der Waals surface area contributed by atoms with E-state index in [9.17, 15) is 14.9 Å². The molecule has 1 aromatic rings.